The summed E-state index contributed by atoms with van der Waals surface area (Å²) in [6, 6.07) is 9.37. The first-order valence-electron chi connectivity index (χ1n) is 5.87. The van der Waals surface area contributed by atoms with Gasteiger partial charge in [0.25, 0.3) is 5.91 Å². The Bertz CT molecular complexity index is 728. The number of anilines is 2. The number of carbonyl (C=O) groups is 1. The number of aryl methyl sites for hydroxylation is 1. The molecule has 0 unspecified atom stereocenters. The Kier molecular flexibility index (Phi) is 2.76. The highest BCUT2D eigenvalue weighted by Gasteiger charge is 2.11. The third-order valence-corrected chi connectivity index (χ3v) is 3.81. The number of thiophene rings is 1. The predicted octanol–water partition coefficient (Wildman–Crippen LogP) is 3.37. The molecule has 1 aromatic carbocycles. The van der Waals surface area contributed by atoms with Crippen LogP contribution in [0.3, 0.4) is 0 Å². The van der Waals surface area contributed by atoms with Gasteiger partial charge in [0.2, 0.25) is 0 Å². The van der Waals surface area contributed by atoms with E-state index in [0.717, 1.165) is 15.8 Å². The molecule has 0 aliphatic heterocycles. The highest BCUT2D eigenvalue weighted by Crippen LogP contribution is 2.23. The van der Waals surface area contributed by atoms with Crippen molar-refractivity contribution < 1.29 is 4.79 Å². The van der Waals surface area contributed by atoms with Gasteiger partial charge in [-0.25, -0.2) is 0 Å². The van der Waals surface area contributed by atoms with Crippen molar-refractivity contribution in [1.82, 2.24) is 4.98 Å². The van der Waals surface area contributed by atoms with Gasteiger partial charge in [0.15, 0.2) is 0 Å². The molecule has 96 valence electrons. The fourth-order valence-corrected chi connectivity index (χ4v) is 2.72. The van der Waals surface area contributed by atoms with Crippen molar-refractivity contribution in [3.05, 3.63) is 47.0 Å². The summed E-state index contributed by atoms with van der Waals surface area (Å²) >= 11 is 1.60. The van der Waals surface area contributed by atoms with Gasteiger partial charge in [-0.15, -0.1) is 11.3 Å². The van der Waals surface area contributed by atoms with Gasteiger partial charge in [0.05, 0.1) is 21.6 Å². The normalized spacial score (nSPS) is 10.8. The van der Waals surface area contributed by atoms with E-state index in [1.807, 2.05) is 36.6 Å². The van der Waals surface area contributed by atoms with Gasteiger partial charge in [0.1, 0.15) is 5.69 Å². The molecule has 0 bridgehead atoms. The molecule has 0 saturated carbocycles. The van der Waals surface area contributed by atoms with Crippen molar-refractivity contribution >= 4 is 38.8 Å². The van der Waals surface area contributed by atoms with E-state index in [1.165, 1.54) is 0 Å². The van der Waals surface area contributed by atoms with Crippen LogP contribution in [0, 0.1) is 6.92 Å². The fourth-order valence-electron chi connectivity index (χ4n) is 1.94. The average Bonchev–Trinajstić information content (AvgIpc) is 2.94. The Morgan fingerprint density at radius 2 is 2.16 bits per heavy atom. The number of nitrogens with one attached hydrogen (secondary N) is 2. The maximum Gasteiger partial charge on any atom is 0.272 e. The van der Waals surface area contributed by atoms with E-state index < -0.39 is 0 Å². The van der Waals surface area contributed by atoms with E-state index in [4.69, 9.17) is 5.73 Å². The molecule has 3 rings (SSSR count). The molecular weight excluding hydrogens is 258 g/mol. The van der Waals surface area contributed by atoms with Gasteiger partial charge in [-0.1, -0.05) is 6.07 Å². The van der Waals surface area contributed by atoms with E-state index in [-0.39, 0.29) is 5.91 Å². The molecule has 0 spiro atoms. The van der Waals surface area contributed by atoms with Crippen LogP contribution in [0.5, 0.6) is 0 Å². The van der Waals surface area contributed by atoms with Gasteiger partial charge >= 0.3 is 0 Å². The van der Waals surface area contributed by atoms with E-state index in [0.29, 0.717) is 17.1 Å². The highest BCUT2D eigenvalue weighted by molar-refractivity contribution is 7.17. The number of rotatable bonds is 2. The van der Waals surface area contributed by atoms with Gasteiger partial charge in [-0.05, 0) is 42.1 Å². The lowest BCUT2D eigenvalue weighted by molar-refractivity contribution is 0.102. The van der Waals surface area contributed by atoms with Crippen LogP contribution in [0.4, 0.5) is 11.4 Å². The number of H-pyrrole nitrogens is 1. The zero-order valence-electron chi connectivity index (χ0n) is 10.4. The minimum absolute atomic E-state index is 0.180. The summed E-state index contributed by atoms with van der Waals surface area (Å²) in [5, 5.41) is 4.82. The number of nitrogen functional groups attached to an aromatic ring is 1. The van der Waals surface area contributed by atoms with Crippen LogP contribution in [0.25, 0.3) is 10.2 Å². The van der Waals surface area contributed by atoms with Gasteiger partial charge in [-0.2, -0.15) is 0 Å². The van der Waals surface area contributed by atoms with Crippen molar-refractivity contribution in [3.8, 4) is 0 Å². The average molecular weight is 271 g/mol. The lowest BCUT2D eigenvalue weighted by atomic mass is 10.2. The first-order valence-corrected chi connectivity index (χ1v) is 6.75. The number of hydrogen-bond acceptors (Lipinski definition) is 3. The number of benzene rings is 1. The number of aromatic nitrogens is 1. The largest absolute Gasteiger partial charge is 0.397 e. The molecule has 4 nitrogen and oxygen atoms in total. The quantitative estimate of drug-likeness (QED) is 0.625. The van der Waals surface area contributed by atoms with Crippen LogP contribution >= 0.6 is 11.3 Å². The number of fused-ring (bicyclic) bond motifs is 1. The van der Waals surface area contributed by atoms with Crippen molar-refractivity contribution in [1.29, 1.82) is 0 Å². The standard InChI is InChI=1S/C14H13N3OS/c1-8-2-3-9(15)11(6-8)17-14(18)12-7-13-10(16-12)4-5-19-13/h2-7,16H,15H2,1H3,(H,17,18). The summed E-state index contributed by atoms with van der Waals surface area (Å²) in [7, 11) is 0. The highest BCUT2D eigenvalue weighted by atomic mass is 32.1. The van der Waals surface area contributed by atoms with Crippen LogP contribution < -0.4 is 11.1 Å². The summed E-state index contributed by atoms with van der Waals surface area (Å²) in [6.45, 7) is 1.96. The van der Waals surface area contributed by atoms with E-state index in [1.54, 1.807) is 17.4 Å². The first-order chi connectivity index (χ1) is 9.13. The third-order valence-electron chi connectivity index (χ3n) is 2.94. The number of nitrogens with two attached hydrogens (primary N) is 1. The predicted molar refractivity (Wildman–Crippen MR) is 79.7 cm³/mol. The summed E-state index contributed by atoms with van der Waals surface area (Å²) in [4.78, 5) is 15.2. The molecule has 2 heterocycles. The van der Waals surface area contributed by atoms with E-state index >= 15 is 0 Å². The van der Waals surface area contributed by atoms with Crippen LogP contribution in [-0.2, 0) is 0 Å². The molecule has 0 aliphatic carbocycles. The molecule has 0 aliphatic rings. The van der Waals surface area contributed by atoms with Crippen LogP contribution in [0.15, 0.2) is 35.7 Å². The Morgan fingerprint density at radius 3 is 2.95 bits per heavy atom. The molecule has 5 heteroatoms. The van der Waals surface area contributed by atoms with Gasteiger partial charge in [0, 0.05) is 0 Å². The first kappa shape index (κ1) is 11.8. The summed E-state index contributed by atoms with van der Waals surface area (Å²) < 4.78 is 1.07. The Hall–Kier alpha value is -2.27. The summed E-state index contributed by atoms with van der Waals surface area (Å²) in [5.41, 5.74) is 9.63. The Morgan fingerprint density at radius 1 is 1.32 bits per heavy atom. The van der Waals surface area contributed by atoms with Crippen LogP contribution in [0.2, 0.25) is 0 Å². The lowest BCUT2D eigenvalue weighted by Gasteiger charge is -2.08. The number of aromatic amines is 1. The van der Waals surface area contributed by atoms with Crippen molar-refractivity contribution in [2.24, 2.45) is 0 Å². The molecule has 19 heavy (non-hydrogen) atoms. The zero-order chi connectivity index (χ0) is 13.4. The second kappa shape index (κ2) is 4.44. The molecular formula is C14H13N3OS. The Balaban J connectivity index is 1.88. The third kappa shape index (κ3) is 2.20. The number of amides is 1. The number of hydrogen-bond donors (Lipinski definition) is 3. The fraction of sp³-hybridized carbons (Fsp3) is 0.0714. The molecule has 2 aromatic heterocycles. The Labute approximate surface area is 114 Å². The molecule has 1 amide bonds. The molecule has 0 radical (unpaired) electrons. The summed E-state index contributed by atoms with van der Waals surface area (Å²) in [6.07, 6.45) is 0. The van der Waals surface area contributed by atoms with Crippen LogP contribution in [0.1, 0.15) is 16.1 Å². The minimum atomic E-state index is -0.180. The SMILES string of the molecule is Cc1ccc(N)c(NC(=O)c2cc3sccc3[nH]2)c1. The number of carbonyl (C=O) groups excluding carboxylic acids is 1. The maximum atomic E-state index is 12.2. The smallest absolute Gasteiger partial charge is 0.272 e. The second-order valence-electron chi connectivity index (χ2n) is 4.43. The molecule has 0 saturated heterocycles. The lowest BCUT2D eigenvalue weighted by Crippen LogP contribution is -2.13. The second-order valence-corrected chi connectivity index (χ2v) is 5.37. The van der Waals surface area contributed by atoms with Gasteiger partial charge < -0.3 is 16.0 Å². The minimum Gasteiger partial charge on any atom is -0.397 e. The van der Waals surface area contributed by atoms with Crippen LogP contribution in [-0.4, -0.2) is 10.9 Å². The summed E-state index contributed by atoms with van der Waals surface area (Å²) in [5.74, 6) is -0.180. The van der Waals surface area contributed by atoms with Crippen molar-refractivity contribution in [3.63, 3.8) is 0 Å². The van der Waals surface area contributed by atoms with Crippen molar-refractivity contribution in [2.75, 3.05) is 11.1 Å². The molecule has 4 N–H and O–H groups in total. The molecule has 0 atom stereocenters. The topological polar surface area (TPSA) is 70.9 Å². The van der Waals surface area contributed by atoms with E-state index in [2.05, 4.69) is 10.3 Å². The van der Waals surface area contributed by atoms with Crippen molar-refractivity contribution in [2.45, 2.75) is 6.92 Å². The van der Waals surface area contributed by atoms with Gasteiger partial charge in [-0.3, -0.25) is 4.79 Å². The molecule has 0 fully saturated rings. The zero-order valence-corrected chi connectivity index (χ0v) is 11.2. The maximum absolute atomic E-state index is 12.2. The van der Waals surface area contributed by atoms with E-state index in [9.17, 15) is 4.79 Å². The molecule has 3 aromatic rings. The monoisotopic (exact) mass is 271 g/mol.